The van der Waals surface area contributed by atoms with Crippen LogP contribution in [0.4, 0.5) is 0 Å². The van der Waals surface area contributed by atoms with Crippen molar-refractivity contribution in [2.24, 2.45) is 0 Å². The summed E-state index contributed by atoms with van der Waals surface area (Å²) in [5.41, 5.74) is 0. The molecular weight excluding hydrogens is 358 g/mol. The maximum Gasteiger partial charge on any atom is 0.326 e. The predicted molar refractivity (Wildman–Crippen MR) is 100 cm³/mol. The lowest BCUT2D eigenvalue weighted by Gasteiger charge is -2.26. The number of thioether (sulfide) groups is 1. The van der Waals surface area contributed by atoms with Gasteiger partial charge in [0, 0.05) is 31.3 Å². The molecule has 0 spiro atoms. The average molecular weight is 385 g/mol. The maximum absolute atomic E-state index is 12.1. The molecule has 0 heterocycles. The van der Waals surface area contributed by atoms with Crippen LogP contribution < -0.4 is 10.6 Å². The molecule has 0 saturated heterocycles. The van der Waals surface area contributed by atoms with Crippen molar-refractivity contribution in [1.29, 1.82) is 0 Å². The summed E-state index contributed by atoms with van der Waals surface area (Å²) in [6.07, 6.45) is 5.62. The van der Waals surface area contributed by atoms with Crippen LogP contribution in [0, 0.1) is 12.3 Å². The maximum atomic E-state index is 12.1. The molecule has 0 aromatic carbocycles. The number of rotatable bonds is 11. The Kier molecular flexibility index (Phi) is 10.4. The Morgan fingerprint density at radius 2 is 1.81 bits per heavy atom. The van der Waals surface area contributed by atoms with E-state index in [1.165, 1.54) is 30.6 Å². The molecule has 0 aliphatic rings. The molecule has 9 heteroatoms. The SMILES string of the molecule is C#CC(=O)NCCNC(=O)CSC(C)(C)CCC(=O)N(C)[C@@H](C)C(=O)O. The molecule has 0 bridgehead atoms. The van der Waals surface area contributed by atoms with Crippen LogP contribution in [0.25, 0.3) is 0 Å². The van der Waals surface area contributed by atoms with Crippen LogP contribution in [-0.2, 0) is 19.2 Å². The Balaban J connectivity index is 4.15. The summed E-state index contributed by atoms with van der Waals surface area (Å²) in [6.45, 7) is 5.84. The van der Waals surface area contributed by atoms with E-state index in [1.54, 1.807) is 0 Å². The Labute approximate surface area is 158 Å². The van der Waals surface area contributed by atoms with Gasteiger partial charge >= 0.3 is 5.97 Å². The number of aliphatic carboxylic acids is 1. The quantitative estimate of drug-likeness (QED) is 0.343. The number of carboxylic acids is 1. The smallest absolute Gasteiger partial charge is 0.326 e. The fraction of sp³-hybridized carbons (Fsp3) is 0.647. The van der Waals surface area contributed by atoms with E-state index in [0.29, 0.717) is 6.42 Å². The molecule has 0 aromatic heterocycles. The van der Waals surface area contributed by atoms with E-state index in [2.05, 4.69) is 10.6 Å². The number of carbonyl (C=O) groups excluding carboxylic acids is 3. The van der Waals surface area contributed by atoms with Gasteiger partial charge in [0.2, 0.25) is 11.8 Å². The Hall–Kier alpha value is -2.21. The number of hydrogen-bond donors (Lipinski definition) is 3. The zero-order chi connectivity index (χ0) is 20.3. The minimum absolute atomic E-state index is 0.180. The van der Waals surface area contributed by atoms with E-state index in [4.69, 9.17) is 11.5 Å². The molecule has 0 radical (unpaired) electrons. The zero-order valence-electron chi connectivity index (χ0n) is 15.6. The van der Waals surface area contributed by atoms with E-state index in [-0.39, 0.29) is 41.8 Å². The van der Waals surface area contributed by atoms with Gasteiger partial charge in [0.05, 0.1) is 5.75 Å². The standard InChI is InChI=1S/C17H27N3O5S/c1-6-13(21)18-9-10-19-14(22)11-26-17(3,4)8-7-15(23)20(5)12(2)16(24)25/h1,12H,7-11H2,2-5H3,(H,18,21)(H,19,22)(H,24,25)/t12-/m0/s1. The third kappa shape index (κ3) is 9.93. The predicted octanol–water partition coefficient (Wildman–Crippen LogP) is 0.0755. The molecule has 0 saturated carbocycles. The van der Waals surface area contributed by atoms with E-state index in [1.807, 2.05) is 19.8 Å². The van der Waals surface area contributed by atoms with Crippen molar-refractivity contribution in [2.45, 2.75) is 44.4 Å². The van der Waals surface area contributed by atoms with Gasteiger partial charge in [-0.3, -0.25) is 14.4 Å². The molecular formula is C17H27N3O5S. The van der Waals surface area contributed by atoms with E-state index in [0.717, 1.165) is 0 Å². The van der Waals surface area contributed by atoms with Crippen molar-refractivity contribution in [3.8, 4) is 12.3 Å². The van der Waals surface area contributed by atoms with Crippen LogP contribution in [0.5, 0.6) is 0 Å². The average Bonchev–Trinajstić information content (AvgIpc) is 2.59. The number of hydrogen-bond acceptors (Lipinski definition) is 5. The third-order valence-electron chi connectivity index (χ3n) is 3.73. The van der Waals surface area contributed by atoms with Crippen molar-refractivity contribution in [3.63, 3.8) is 0 Å². The highest BCUT2D eigenvalue weighted by atomic mass is 32.2. The van der Waals surface area contributed by atoms with Crippen molar-refractivity contribution in [2.75, 3.05) is 25.9 Å². The first-order valence-electron chi connectivity index (χ1n) is 8.13. The summed E-state index contributed by atoms with van der Waals surface area (Å²) in [4.78, 5) is 46.8. The van der Waals surface area contributed by atoms with Crippen LogP contribution >= 0.6 is 11.8 Å². The lowest BCUT2D eigenvalue weighted by atomic mass is 10.1. The summed E-state index contributed by atoms with van der Waals surface area (Å²) in [5.74, 6) is 0.121. The first kappa shape index (κ1) is 23.8. The van der Waals surface area contributed by atoms with Crippen LogP contribution in [0.2, 0.25) is 0 Å². The number of carbonyl (C=O) groups is 4. The van der Waals surface area contributed by atoms with Crippen molar-refractivity contribution in [3.05, 3.63) is 0 Å². The molecule has 146 valence electrons. The van der Waals surface area contributed by atoms with Gasteiger partial charge in [-0.25, -0.2) is 4.79 Å². The molecule has 0 aliphatic heterocycles. The number of likely N-dealkylation sites (N-methyl/N-ethyl adjacent to an activating group) is 1. The van der Waals surface area contributed by atoms with Gasteiger partial charge < -0.3 is 20.6 Å². The van der Waals surface area contributed by atoms with Crippen molar-refractivity contribution < 1.29 is 24.3 Å². The molecule has 3 amide bonds. The van der Waals surface area contributed by atoms with Crippen LogP contribution in [-0.4, -0.2) is 70.4 Å². The molecule has 0 fully saturated rings. The van der Waals surface area contributed by atoms with Crippen LogP contribution in [0.3, 0.4) is 0 Å². The first-order valence-corrected chi connectivity index (χ1v) is 9.12. The molecule has 0 rings (SSSR count). The van der Waals surface area contributed by atoms with Crippen molar-refractivity contribution >= 4 is 35.5 Å². The van der Waals surface area contributed by atoms with Crippen LogP contribution in [0.1, 0.15) is 33.6 Å². The van der Waals surface area contributed by atoms with Gasteiger partial charge in [-0.05, 0) is 19.3 Å². The topological polar surface area (TPSA) is 116 Å². The van der Waals surface area contributed by atoms with Gasteiger partial charge in [0.1, 0.15) is 6.04 Å². The molecule has 3 N–H and O–H groups in total. The summed E-state index contributed by atoms with van der Waals surface area (Å²) < 4.78 is -0.321. The Morgan fingerprint density at radius 3 is 2.35 bits per heavy atom. The fourth-order valence-electron chi connectivity index (χ4n) is 1.78. The van der Waals surface area contributed by atoms with E-state index in [9.17, 15) is 19.2 Å². The molecule has 8 nitrogen and oxygen atoms in total. The van der Waals surface area contributed by atoms with Crippen molar-refractivity contribution in [1.82, 2.24) is 15.5 Å². The highest BCUT2D eigenvalue weighted by Crippen LogP contribution is 2.29. The number of nitrogens with one attached hydrogen (secondary N) is 2. The highest BCUT2D eigenvalue weighted by Gasteiger charge is 2.25. The molecule has 0 unspecified atom stereocenters. The number of amides is 3. The zero-order valence-corrected chi connectivity index (χ0v) is 16.4. The normalized spacial score (nSPS) is 11.8. The van der Waals surface area contributed by atoms with Gasteiger partial charge in [-0.2, -0.15) is 0 Å². The molecule has 26 heavy (non-hydrogen) atoms. The number of nitrogens with zero attached hydrogens (tertiary/aromatic N) is 1. The van der Waals surface area contributed by atoms with Gasteiger partial charge in [-0.15, -0.1) is 18.2 Å². The largest absolute Gasteiger partial charge is 0.480 e. The fourth-order valence-corrected chi connectivity index (χ4v) is 2.65. The summed E-state index contributed by atoms with van der Waals surface area (Å²) in [6, 6.07) is -0.876. The summed E-state index contributed by atoms with van der Waals surface area (Å²) >= 11 is 1.41. The minimum Gasteiger partial charge on any atom is -0.480 e. The second kappa shape index (κ2) is 11.4. The van der Waals surface area contributed by atoms with Gasteiger partial charge in [-0.1, -0.05) is 13.8 Å². The summed E-state index contributed by atoms with van der Waals surface area (Å²) in [7, 11) is 1.47. The number of terminal acetylenes is 1. The Bertz CT molecular complexity index is 571. The second-order valence-corrected chi connectivity index (χ2v) is 8.00. The lowest BCUT2D eigenvalue weighted by Crippen LogP contribution is -2.40. The van der Waals surface area contributed by atoms with Crippen LogP contribution in [0.15, 0.2) is 0 Å². The monoisotopic (exact) mass is 385 g/mol. The molecule has 0 aliphatic carbocycles. The summed E-state index contributed by atoms with van der Waals surface area (Å²) in [5, 5.41) is 14.0. The second-order valence-electron chi connectivity index (χ2n) is 6.32. The van der Waals surface area contributed by atoms with Gasteiger partial charge in [0.25, 0.3) is 5.91 Å². The van der Waals surface area contributed by atoms with E-state index >= 15 is 0 Å². The lowest BCUT2D eigenvalue weighted by molar-refractivity contribution is -0.148. The van der Waals surface area contributed by atoms with Gasteiger partial charge in [0.15, 0.2) is 0 Å². The molecule has 1 atom stereocenters. The third-order valence-corrected chi connectivity index (χ3v) is 5.12. The number of carboxylic acid groups (broad SMARTS) is 1. The highest BCUT2D eigenvalue weighted by molar-refractivity contribution is 8.01. The first-order chi connectivity index (χ1) is 12.0. The van der Waals surface area contributed by atoms with E-state index < -0.39 is 17.9 Å². The molecule has 0 aromatic rings. The minimum atomic E-state index is -1.05. The Morgan fingerprint density at radius 1 is 1.23 bits per heavy atom.